The number of nitrogens with two attached hydrogens (primary N) is 1. The summed E-state index contributed by atoms with van der Waals surface area (Å²) in [7, 11) is -7.52. The highest BCUT2D eigenvalue weighted by molar-refractivity contribution is 7.90. The summed E-state index contributed by atoms with van der Waals surface area (Å²) in [5, 5.41) is 2.81. The van der Waals surface area contributed by atoms with Gasteiger partial charge in [-0.2, -0.15) is 0 Å². The predicted octanol–water partition coefficient (Wildman–Crippen LogP) is 4.38. The Morgan fingerprint density at radius 2 is 1.25 bits per heavy atom. The molecule has 7 rings (SSSR count). The van der Waals surface area contributed by atoms with Crippen LogP contribution in [-0.4, -0.2) is 68.4 Å². The molecule has 18 nitrogen and oxygen atoms in total. The van der Waals surface area contributed by atoms with Gasteiger partial charge in [-0.05, 0) is 90.3 Å². The first-order valence-corrected chi connectivity index (χ1v) is 20.7. The Hall–Kier alpha value is -6.12. The number of hydrogen-bond acceptors (Lipinski definition) is 14. The summed E-state index contributed by atoms with van der Waals surface area (Å²) < 4.78 is 58.8. The van der Waals surface area contributed by atoms with Gasteiger partial charge < -0.3 is 15.5 Å². The molecule has 0 aliphatic heterocycles. The molecule has 1 aliphatic rings. The topological polar surface area (TPSA) is 247 Å². The van der Waals surface area contributed by atoms with Crippen LogP contribution in [0.25, 0.3) is 22.3 Å². The number of aromatic nitrogens is 6. The van der Waals surface area contributed by atoms with Crippen molar-refractivity contribution in [3.05, 3.63) is 96.6 Å². The number of anilines is 2. The molecule has 57 heavy (non-hydrogen) atoms. The first-order valence-electron chi connectivity index (χ1n) is 17.8. The average Bonchev–Trinajstić information content (AvgIpc) is 3.92. The number of amides is 2. The SMILES string of the molecule is Cc1ccc(S(=O)(=O)n2ccc3nc(NN)cnc32)cc1.Cc1ccc(S(=O)(=O)n2ccc3nc(NNC(=O)[C@@H]4CC[C@H](NC(=O)OC(C)(C)C)C4)cnc32)cc1. The number of hydrogen-bond donors (Lipinski definition) is 5. The minimum atomic E-state index is -3.83. The van der Waals surface area contributed by atoms with Crippen LogP contribution in [-0.2, 0) is 29.6 Å². The number of ether oxygens (including phenoxy) is 1. The van der Waals surface area contributed by atoms with E-state index >= 15 is 0 Å². The van der Waals surface area contributed by atoms with E-state index < -0.39 is 31.7 Å². The largest absolute Gasteiger partial charge is 0.444 e. The van der Waals surface area contributed by atoms with Gasteiger partial charge in [0.1, 0.15) is 16.6 Å². The number of aryl methyl sites for hydroxylation is 2. The monoisotopic (exact) mass is 817 g/mol. The average molecular weight is 818 g/mol. The number of hydrazine groups is 2. The normalized spacial score (nSPS) is 15.8. The maximum atomic E-state index is 13.0. The van der Waals surface area contributed by atoms with Crippen LogP contribution in [0.2, 0.25) is 0 Å². The number of nitrogen functional groups attached to an aromatic ring is 1. The third kappa shape index (κ3) is 9.30. The molecule has 2 amide bonds. The molecule has 2 atom stereocenters. The predicted molar refractivity (Wildman–Crippen MR) is 213 cm³/mol. The van der Waals surface area contributed by atoms with Crippen molar-refractivity contribution >= 4 is 66.0 Å². The third-order valence-electron chi connectivity index (χ3n) is 8.85. The van der Waals surface area contributed by atoms with Gasteiger partial charge in [-0.3, -0.25) is 15.6 Å². The number of nitrogens with zero attached hydrogens (tertiary/aromatic N) is 6. The van der Waals surface area contributed by atoms with Crippen molar-refractivity contribution in [3.8, 4) is 0 Å². The van der Waals surface area contributed by atoms with E-state index in [1.165, 1.54) is 24.8 Å². The highest BCUT2D eigenvalue weighted by atomic mass is 32.2. The second-order valence-electron chi connectivity index (χ2n) is 14.4. The van der Waals surface area contributed by atoms with Gasteiger partial charge in [-0.25, -0.2) is 55.4 Å². The zero-order valence-corrected chi connectivity index (χ0v) is 33.4. The maximum absolute atomic E-state index is 13.0. The van der Waals surface area contributed by atoms with E-state index in [0.29, 0.717) is 36.1 Å². The molecular formula is C37H43N11O7S2. The fraction of sp³-hybridized carbons (Fsp3) is 0.297. The van der Waals surface area contributed by atoms with Gasteiger partial charge in [0.25, 0.3) is 20.0 Å². The first-order chi connectivity index (χ1) is 26.9. The first kappa shape index (κ1) is 40.5. The molecule has 4 heterocycles. The summed E-state index contributed by atoms with van der Waals surface area (Å²) in [5.41, 5.74) is 10.3. The fourth-order valence-electron chi connectivity index (χ4n) is 5.99. The Bertz CT molecular complexity index is 2640. The van der Waals surface area contributed by atoms with Gasteiger partial charge in [0, 0.05) is 24.4 Å². The molecular weight excluding hydrogens is 775 g/mol. The van der Waals surface area contributed by atoms with Crippen LogP contribution in [0.15, 0.2) is 95.2 Å². The molecule has 0 spiro atoms. The van der Waals surface area contributed by atoms with Crippen molar-refractivity contribution in [2.24, 2.45) is 11.8 Å². The zero-order valence-electron chi connectivity index (χ0n) is 31.8. The van der Waals surface area contributed by atoms with Crippen molar-refractivity contribution in [2.45, 2.75) is 75.3 Å². The molecule has 6 aromatic rings. The zero-order chi connectivity index (χ0) is 41.1. The molecule has 0 unspecified atom stereocenters. The lowest BCUT2D eigenvalue weighted by atomic mass is 10.1. The quantitative estimate of drug-likeness (QED) is 0.100. The Morgan fingerprint density at radius 3 is 1.74 bits per heavy atom. The molecule has 6 N–H and O–H groups in total. The number of alkyl carbamates (subject to hydrolysis) is 1. The second-order valence-corrected chi connectivity index (χ2v) is 18.0. The van der Waals surface area contributed by atoms with E-state index in [9.17, 15) is 26.4 Å². The van der Waals surface area contributed by atoms with E-state index in [0.717, 1.165) is 19.1 Å². The summed E-state index contributed by atoms with van der Waals surface area (Å²) in [6.45, 7) is 9.16. The molecule has 0 saturated heterocycles. The van der Waals surface area contributed by atoms with Gasteiger partial charge in [0.05, 0.1) is 22.2 Å². The van der Waals surface area contributed by atoms with Crippen molar-refractivity contribution in [1.82, 2.24) is 38.6 Å². The van der Waals surface area contributed by atoms with Gasteiger partial charge in [-0.15, -0.1) is 0 Å². The highest BCUT2D eigenvalue weighted by Gasteiger charge is 2.32. The molecule has 1 fully saturated rings. The van der Waals surface area contributed by atoms with Gasteiger partial charge in [0.2, 0.25) is 5.91 Å². The standard InChI is InChI=1S/C24H30N6O5S.C13H13N5O2S/c1-15-5-9-18(10-6-15)36(33,34)30-12-11-19-21(30)25-14-20(27-19)28-29-22(31)16-7-8-17(13-16)26-23(32)35-24(2,3)4;1-9-2-4-10(5-3-9)21(19,20)18-7-6-11-13(18)15-8-12(16-11)17-14/h5-6,9-12,14,16-17H,7-8,13H2,1-4H3,(H,26,32)(H,27,28)(H,29,31);2-8H,14H2,1H3,(H,16,17)/t16-,17+;/m1./s1. The number of nitrogens with one attached hydrogen (secondary N) is 4. The Labute approximate surface area is 329 Å². The Morgan fingerprint density at radius 1 is 0.754 bits per heavy atom. The molecule has 4 aromatic heterocycles. The van der Waals surface area contributed by atoms with Crippen LogP contribution >= 0.6 is 0 Å². The van der Waals surface area contributed by atoms with Crippen molar-refractivity contribution in [2.75, 3.05) is 10.9 Å². The second kappa shape index (κ2) is 16.2. The smallest absolute Gasteiger partial charge is 0.407 e. The van der Waals surface area contributed by atoms with Crippen LogP contribution in [0.4, 0.5) is 16.4 Å². The minimum absolute atomic E-state index is 0.137. The summed E-state index contributed by atoms with van der Waals surface area (Å²) >= 11 is 0. The summed E-state index contributed by atoms with van der Waals surface area (Å²) in [6.07, 6.45) is 6.86. The van der Waals surface area contributed by atoms with Crippen LogP contribution in [0.5, 0.6) is 0 Å². The molecule has 0 radical (unpaired) electrons. The summed E-state index contributed by atoms with van der Waals surface area (Å²) in [6, 6.07) is 16.2. The number of benzene rings is 2. The Kier molecular flexibility index (Phi) is 11.5. The third-order valence-corrected chi connectivity index (χ3v) is 12.2. The fourth-order valence-corrected chi connectivity index (χ4v) is 8.59. The number of carbonyl (C=O) groups is 2. The molecule has 2 aromatic carbocycles. The Balaban J connectivity index is 0.000000221. The van der Waals surface area contributed by atoms with E-state index in [4.69, 9.17) is 10.6 Å². The lowest BCUT2D eigenvalue weighted by Gasteiger charge is -2.21. The van der Waals surface area contributed by atoms with Gasteiger partial charge in [-0.1, -0.05) is 35.4 Å². The molecule has 300 valence electrons. The van der Waals surface area contributed by atoms with Crippen LogP contribution in [0.3, 0.4) is 0 Å². The summed E-state index contributed by atoms with van der Waals surface area (Å²) in [5.74, 6) is 5.38. The van der Waals surface area contributed by atoms with Gasteiger partial charge in [0.15, 0.2) is 22.9 Å². The van der Waals surface area contributed by atoms with Crippen LogP contribution in [0.1, 0.15) is 51.2 Å². The summed E-state index contributed by atoms with van der Waals surface area (Å²) in [4.78, 5) is 41.8. The van der Waals surface area contributed by atoms with E-state index in [1.54, 1.807) is 81.4 Å². The molecule has 0 bridgehead atoms. The van der Waals surface area contributed by atoms with Crippen molar-refractivity contribution < 1.29 is 31.2 Å². The number of fused-ring (bicyclic) bond motifs is 2. The van der Waals surface area contributed by atoms with E-state index in [-0.39, 0.29) is 44.8 Å². The number of rotatable bonds is 9. The molecule has 1 saturated carbocycles. The highest BCUT2D eigenvalue weighted by Crippen LogP contribution is 2.27. The molecule has 20 heteroatoms. The minimum Gasteiger partial charge on any atom is -0.444 e. The van der Waals surface area contributed by atoms with Crippen LogP contribution < -0.4 is 27.4 Å². The number of carbonyl (C=O) groups excluding carboxylic acids is 2. The lowest BCUT2D eigenvalue weighted by Crippen LogP contribution is -2.39. The van der Waals surface area contributed by atoms with E-state index in [2.05, 4.69) is 41.5 Å². The van der Waals surface area contributed by atoms with Crippen LogP contribution in [0, 0.1) is 19.8 Å². The van der Waals surface area contributed by atoms with Crippen molar-refractivity contribution in [3.63, 3.8) is 0 Å². The lowest BCUT2D eigenvalue weighted by molar-refractivity contribution is -0.124. The van der Waals surface area contributed by atoms with E-state index in [1.807, 2.05) is 13.8 Å². The van der Waals surface area contributed by atoms with Crippen molar-refractivity contribution in [1.29, 1.82) is 0 Å². The van der Waals surface area contributed by atoms with Gasteiger partial charge >= 0.3 is 6.09 Å². The molecule has 1 aliphatic carbocycles. The maximum Gasteiger partial charge on any atom is 0.407 e.